The lowest BCUT2D eigenvalue weighted by molar-refractivity contribution is -0.118. The van der Waals surface area contributed by atoms with E-state index in [1.165, 1.54) is 11.8 Å². The maximum Gasteiger partial charge on any atom is 0.237 e. The predicted molar refractivity (Wildman–Crippen MR) is 120 cm³/mol. The average molecular weight is 439 g/mol. The summed E-state index contributed by atoms with van der Waals surface area (Å²) in [5, 5.41) is 6.27. The minimum Gasteiger partial charge on any atom is -0.326 e. The number of carbonyl (C=O) groups excluding carboxylic acids is 2. The van der Waals surface area contributed by atoms with E-state index in [2.05, 4.69) is 10.6 Å². The Hall–Kier alpha value is -1.69. The van der Waals surface area contributed by atoms with Gasteiger partial charge in [-0.2, -0.15) is 0 Å². The van der Waals surface area contributed by atoms with Crippen LogP contribution in [0.3, 0.4) is 0 Å². The third-order valence-electron chi connectivity index (χ3n) is 3.68. The zero-order valence-electron chi connectivity index (χ0n) is 16.3. The summed E-state index contributed by atoms with van der Waals surface area (Å²) in [6.07, 6.45) is 0.436. The van der Waals surface area contributed by atoms with Crippen LogP contribution < -0.4 is 10.6 Å². The number of anilines is 2. The Morgan fingerprint density at radius 3 is 2.43 bits per heavy atom. The lowest BCUT2D eigenvalue weighted by Gasteiger charge is -2.17. The second kappa shape index (κ2) is 9.68. The van der Waals surface area contributed by atoms with E-state index in [9.17, 15) is 9.59 Å². The molecule has 0 spiro atoms. The van der Waals surface area contributed by atoms with E-state index < -0.39 is 0 Å². The highest BCUT2D eigenvalue weighted by Crippen LogP contribution is 2.29. The molecule has 0 heterocycles. The van der Waals surface area contributed by atoms with E-state index in [-0.39, 0.29) is 22.5 Å². The van der Waals surface area contributed by atoms with E-state index in [0.29, 0.717) is 27.8 Å². The van der Waals surface area contributed by atoms with Crippen LogP contribution in [0.5, 0.6) is 0 Å². The molecule has 0 aliphatic heterocycles. The van der Waals surface area contributed by atoms with E-state index in [1.54, 1.807) is 18.2 Å². The van der Waals surface area contributed by atoms with Gasteiger partial charge in [0.05, 0.1) is 16.0 Å². The van der Waals surface area contributed by atoms with Gasteiger partial charge in [0.1, 0.15) is 0 Å². The van der Waals surface area contributed by atoms with Gasteiger partial charge < -0.3 is 10.6 Å². The van der Waals surface area contributed by atoms with Gasteiger partial charge >= 0.3 is 0 Å². The maximum atomic E-state index is 12.5. The minimum absolute atomic E-state index is 0.0298. The topological polar surface area (TPSA) is 58.2 Å². The van der Waals surface area contributed by atoms with Gasteiger partial charge in [0.15, 0.2) is 0 Å². The lowest BCUT2D eigenvalue weighted by Crippen LogP contribution is -2.22. The van der Waals surface area contributed by atoms with Crippen molar-refractivity contribution < 1.29 is 9.59 Å². The number of hydrogen-bond acceptors (Lipinski definition) is 3. The molecular formula is C21H24Cl2N2O2S. The second-order valence-electron chi connectivity index (χ2n) is 7.69. The lowest BCUT2D eigenvalue weighted by atomic mass is 9.92. The van der Waals surface area contributed by atoms with Crippen molar-refractivity contribution in [3.05, 3.63) is 52.5 Å². The molecule has 2 N–H and O–H groups in total. The molecule has 0 saturated carbocycles. The first-order valence-electron chi connectivity index (χ1n) is 8.86. The largest absolute Gasteiger partial charge is 0.326 e. The molecule has 0 fully saturated rings. The van der Waals surface area contributed by atoms with Crippen molar-refractivity contribution in [3.63, 3.8) is 0 Å². The van der Waals surface area contributed by atoms with Crippen LogP contribution in [-0.4, -0.2) is 17.1 Å². The molecule has 2 rings (SSSR count). The number of benzene rings is 2. The Balaban J connectivity index is 1.98. The molecule has 1 unspecified atom stereocenters. The molecular weight excluding hydrogens is 415 g/mol. The van der Waals surface area contributed by atoms with Crippen LogP contribution in [0.2, 0.25) is 10.0 Å². The molecule has 2 amide bonds. The smallest absolute Gasteiger partial charge is 0.237 e. The number of hydrogen-bond donors (Lipinski definition) is 2. The van der Waals surface area contributed by atoms with Gasteiger partial charge in [-0.15, -0.1) is 11.8 Å². The molecule has 0 saturated heterocycles. The number of thioether (sulfide) groups is 1. The van der Waals surface area contributed by atoms with Crippen LogP contribution in [0.4, 0.5) is 11.4 Å². The molecule has 0 aromatic heterocycles. The summed E-state index contributed by atoms with van der Waals surface area (Å²) in [6, 6.07) is 12.4. The fraction of sp³-hybridized carbons (Fsp3) is 0.333. The summed E-state index contributed by atoms with van der Waals surface area (Å²) in [5.74, 6) is -0.200. The monoisotopic (exact) mass is 438 g/mol. The van der Waals surface area contributed by atoms with Crippen LogP contribution >= 0.6 is 35.0 Å². The molecule has 0 aliphatic carbocycles. The Kier molecular flexibility index (Phi) is 7.81. The highest BCUT2D eigenvalue weighted by atomic mass is 35.5. The second-order valence-corrected chi connectivity index (χ2v) is 9.94. The third kappa shape index (κ3) is 7.38. The molecule has 7 heteroatoms. The average Bonchev–Trinajstić information content (AvgIpc) is 2.55. The van der Waals surface area contributed by atoms with Crippen molar-refractivity contribution in [1.82, 2.24) is 0 Å². The highest BCUT2D eigenvalue weighted by molar-refractivity contribution is 8.00. The molecule has 0 radical (unpaired) electrons. The van der Waals surface area contributed by atoms with Crippen molar-refractivity contribution in [2.75, 3.05) is 10.6 Å². The number of rotatable bonds is 6. The molecule has 1 atom stereocenters. The van der Waals surface area contributed by atoms with Gasteiger partial charge in [-0.3, -0.25) is 9.59 Å². The normalized spacial score (nSPS) is 12.4. The van der Waals surface area contributed by atoms with Crippen molar-refractivity contribution in [1.29, 1.82) is 0 Å². The molecule has 0 bridgehead atoms. The Bertz CT molecular complexity index is 866. The predicted octanol–water partition coefficient (Wildman–Crippen LogP) is 6.49. The summed E-state index contributed by atoms with van der Waals surface area (Å²) in [5.41, 5.74) is 1.16. The van der Waals surface area contributed by atoms with Gasteiger partial charge in [-0.05, 0) is 48.7 Å². The van der Waals surface area contributed by atoms with E-state index in [0.717, 1.165) is 4.90 Å². The minimum atomic E-state index is -0.354. The van der Waals surface area contributed by atoms with Gasteiger partial charge in [0.2, 0.25) is 11.8 Å². The van der Waals surface area contributed by atoms with Crippen molar-refractivity contribution in [2.24, 2.45) is 5.41 Å². The first kappa shape index (κ1) is 22.6. The molecule has 2 aromatic rings. The molecule has 4 nitrogen and oxygen atoms in total. The van der Waals surface area contributed by atoms with Crippen LogP contribution in [0.1, 0.15) is 34.1 Å². The first-order valence-corrected chi connectivity index (χ1v) is 10.5. The quantitative estimate of drug-likeness (QED) is 0.506. The van der Waals surface area contributed by atoms with Crippen molar-refractivity contribution in [3.8, 4) is 0 Å². The van der Waals surface area contributed by atoms with Crippen LogP contribution in [0.15, 0.2) is 47.4 Å². The molecule has 150 valence electrons. The van der Waals surface area contributed by atoms with E-state index in [1.807, 2.05) is 52.0 Å². The Morgan fingerprint density at radius 1 is 1.07 bits per heavy atom. The Morgan fingerprint density at radius 2 is 1.79 bits per heavy atom. The molecule has 2 aromatic carbocycles. The van der Waals surface area contributed by atoms with Gasteiger partial charge in [0, 0.05) is 22.0 Å². The van der Waals surface area contributed by atoms with E-state index >= 15 is 0 Å². The zero-order valence-corrected chi connectivity index (χ0v) is 18.6. The zero-order chi connectivity index (χ0) is 20.9. The van der Waals surface area contributed by atoms with E-state index in [4.69, 9.17) is 23.2 Å². The van der Waals surface area contributed by atoms with Gasteiger partial charge in [0.25, 0.3) is 0 Å². The summed E-state index contributed by atoms with van der Waals surface area (Å²) in [7, 11) is 0. The number of nitrogens with one attached hydrogen (secondary N) is 2. The highest BCUT2D eigenvalue weighted by Gasteiger charge is 2.18. The van der Waals surface area contributed by atoms with Crippen LogP contribution in [0.25, 0.3) is 0 Å². The summed E-state index contributed by atoms with van der Waals surface area (Å²) < 4.78 is 0. The SMILES string of the molecule is CC(Sc1cccc(NC(=O)CC(C)(C)C)c1)C(=O)Nc1ccc(Cl)cc1Cl. The van der Waals surface area contributed by atoms with Crippen molar-refractivity contribution >= 4 is 58.2 Å². The maximum absolute atomic E-state index is 12.5. The number of amides is 2. The van der Waals surface area contributed by atoms with Crippen LogP contribution in [-0.2, 0) is 9.59 Å². The van der Waals surface area contributed by atoms with Gasteiger partial charge in [-0.1, -0.05) is 50.0 Å². The molecule has 28 heavy (non-hydrogen) atoms. The summed E-state index contributed by atoms with van der Waals surface area (Å²) >= 11 is 13.4. The molecule has 0 aliphatic rings. The number of carbonyl (C=O) groups is 2. The fourth-order valence-corrected chi connectivity index (χ4v) is 3.80. The fourth-order valence-electron chi connectivity index (χ4n) is 2.42. The third-order valence-corrected chi connectivity index (χ3v) is 5.32. The summed E-state index contributed by atoms with van der Waals surface area (Å²) in [6.45, 7) is 7.87. The Labute approximate surface area is 180 Å². The van der Waals surface area contributed by atoms with Crippen molar-refractivity contribution in [2.45, 2.75) is 44.3 Å². The first-order chi connectivity index (χ1) is 13.0. The van der Waals surface area contributed by atoms with Crippen LogP contribution in [0, 0.1) is 5.41 Å². The summed E-state index contributed by atoms with van der Waals surface area (Å²) in [4.78, 5) is 25.5. The standard InChI is InChI=1S/C21H24Cl2N2O2S/c1-13(20(27)25-18-9-8-14(22)10-17(18)23)28-16-7-5-6-15(11-16)24-19(26)12-21(2,3)4/h5-11,13H,12H2,1-4H3,(H,24,26)(H,25,27). The number of halogens is 2. The van der Waals surface area contributed by atoms with Gasteiger partial charge in [-0.25, -0.2) is 0 Å².